The second-order valence-electron chi connectivity index (χ2n) is 9.35. The molecule has 5 aromatic rings. The Labute approximate surface area is 175 Å². The van der Waals surface area contributed by atoms with E-state index in [0.29, 0.717) is 0 Å². The van der Waals surface area contributed by atoms with Crippen molar-refractivity contribution in [3.63, 3.8) is 0 Å². The lowest BCUT2D eigenvalue weighted by atomic mass is 9.86. The summed E-state index contributed by atoms with van der Waals surface area (Å²) in [7, 11) is 0. The van der Waals surface area contributed by atoms with E-state index in [-0.39, 0.29) is 11.2 Å². The number of aromatic nitrogens is 1. The number of pyridine rings is 1. The molecule has 3 aromatic carbocycles. The molecule has 0 radical (unpaired) electrons. The van der Waals surface area contributed by atoms with Crippen LogP contribution < -0.4 is 0 Å². The molecule has 0 amide bonds. The van der Waals surface area contributed by atoms with Gasteiger partial charge in [-0.3, -0.25) is 4.98 Å². The minimum Gasteiger partial charge on any atom is -0.455 e. The number of halogens is 1. The van der Waals surface area contributed by atoms with Gasteiger partial charge in [0.2, 0.25) is 0 Å². The maximum atomic E-state index is 14.2. The summed E-state index contributed by atoms with van der Waals surface area (Å²) in [4.78, 5) is 4.87. The van der Waals surface area contributed by atoms with Gasteiger partial charge < -0.3 is 4.42 Å². The van der Waals surface area contributed by atoms with Gasteiger partial charge in [0.05, 0.1) is 5.69 Å². The third kappa shape index (κ3) is 3.15. The number of furan rings is 1. The second kappa shape index (κ2) is 6.66. The highest BCUT2D eigenvalue weighted by molar-refractivity contribution is 6.12. The molecule has 0 aliphatic rings. The Morgan fingerprint density at radius 1 is 0.900 bits per heavy atom. The second-order valence-corrected chi connectivity index (χ2v) is 9.35. The number of benzene rings is 3. The predicted molar refractivity (Wildman–Crippen MR) is 122 cm³/mol. The molecule has 0 fully saturated rings. The Morgan fingerprint density at radius 3 is 2.50 bits per heavy atom. The molecule has 0 N–H and O–H groups in total. The Kier molecular flexibility index (Phi) is 4.18. The predicted octanol–water partition coefficient (Wildman–Crippen LogP) is 7.84. The average Bonchev–Trinajstić information content (AvgIpc) is 3.05. The van der Waals surface area contributed by atoms with Crippen LogP contribution in [0.3, 0.4) is 0 Å². The maximum absolute atomic E-state index is 14.2. The molecule has 2 nitrogen and oxygen atoms in total. The first-order chi connectivity index (χ1) is 14.3. The third-order valence-corrected chi connectivity index (χ3v) is 5.53. The molecule has 2 heterocycles. The van der Waals surface area contributed by atoms with Gasteiger partial charge >= 0.3 is 0 Å². The standard InChI is InChI=1S/C27H24FNO/c1-16-11-22-19-7-5-6-8-24(19)30-26(22)23(12-16)25-20-10-9-18(28)13-21(20)17(15-29-25)14-27(2,3)4/h5-13,15H,14H2,1-4H3. The lowest BCUT2D eigenvalue weighted by molar-refractivity contribution is 0.412. The highest BCUT2D eigenvalue weighted by atomic mass is 19.1. The highest BCUT2D eigenvalue weighted by Crippen LogP contribution is 2.39. The normalized spacial score (nSPS) is 12.3. The number of fused-ring (bicyclic) bond motifs is 4. The van der Waals surface area contributed by atoms with Gasteiger partial charge in [-0.05, 0) is 71.7 Å². The number of para-hydroxylation sites is 1. The van der Waals surface area contributed by atoms with E-state index in [1.165, 1.54) is 6.07 Å². The molecule has 0 aliphatic carbocycles. The van der Waals surface area contributed by atoms with Gasteiger partial charge in [0.1, 0.15) is 17.0 Å². The van der Waals surface area contributed by atoms with Crippen LogP contribution in [0.25, 0.3) is 44.0 Å². The molecule has 0 atom stereocenters. The maximum Gasteiger partial charge on any atom is 0.144 e. The van der Waals surface area contributed by atoms with E-state index < -0.39 is 0 Å². The van der Waals surface area contributed by atoms with Crippen LogP contribution in [0.4, 0.5) is 4.39 Å². The van der Waals surface area contributed by atoms with Crippen molar-refractivity contribution in [3.8, 4) is 11.3 Å². The molecule has 150 valence electrons. The van der Waals surface area contributed by atoms with Crippen LogP contribution in [0.5, 0.6) is 0 Å². The van der Waals surface area contributed by atoms with Gasteiger partial charge in [-0.2, -0.15) is 0 Å². The topological polar surface area (TPSA) is 26.0 Å². The lowest BCUT2D eigenvalue weighted by Gasteiger charge is -2.20. The van der Waals surface area contributed by atoms with Gasteiger partial charge in [0, 0.05) is 27.9 Å². The molecule has 0 spiro atoms. The van der Waals surface area contributed by atoms with E-state index in [9.17, 15) is 4.39 Å². The van der Waals surface area contributed by atoms with Crippen molar-refractivity contribution in [2.45, 2.75) is 34.1 Å². The van der Waals surface area contributed by atoms with Crippen LogP contribution in [0, 0.1) is 18.2 Å². The highest BCUT2D eigenvalue weighted by Gasteiger charge is 2.19. The Balaban J connectivity index is 1.84. The van der Waals surface area contributed by atoms with E-state index in [1.807, 2.05) is 30.5 Å². The van der Waals surface area contributed by atoms with E-state index in [0.717, 1.165) is 61.5 Å². The van der Waals surface area contributed by atoms with E-state index >= 15 is 0 Å². The zero-order valence-corrected chi connectivity index (χ0v) is 17.7. The van der Waals surface area contributed by atoms with Crippen molar-refractivity contribution in [3.05, 3.63) is 77.7 Å². The fraction of sp³-hybridized carbons (Fsp3) is 0.222. The number of rotatable bonds is 2. The molecule has 5 rings (SSSR count). The van der Waals surface area contributed by atoms with E-state index in [4.69, 9.17) is 9.40 Å². The van der Waals surface area contributed by atoms with Crippen molar-refractivity contribution in [2.75, 3.05) is 0 Å². The number of aryl methyl sites for hydroxylation is 1. The number of hydrogen-bond acceptors (Lipinski definition) is 2. The molecule has 3 heteroatoms. The first kappa shape index (κ1) is 18.8. The summed E-state index contributed by atoms with van der Waals surface area (Å²) in [5.41, 5.74) is 5.74. The van der Waals surface area contributed by atoms with Gasteiger partial charge in [-0.25, -0.2) is 4.39 Å². The minimum atomic E-state index is -0.229. The van der Waals surface area contributed by atoms with Crippen molar-refractivity contribution < 1.29 is 8.81 Å². The van der Waals surface area contributed by atoms with Crippen LogP contribution in [-0.4, -0.2) is 4.98 Å². The van der Waals surface area contributed by atoms with E-state index in [2.05, 4.69) is 45.9 Å². The molecule has 0 unspecified atom stereocenters. The minimum absolute atomic E-state index is 0.0811. The Hall–Kier alpha value is -3.20. The van der Waals surface area contributed by atoms with Gasteiger partial charge in [0.15, 0.2) is 0 Å². The summed E-state index contributed by atoms with van der Waals surface area (Å²) in [5, 5.41) is 4.04. The van der Waals surface area contributed by atoms with Crippen LogP contribution >= 0.6 is 0 Å². The monoisotopic (exact) mass is 397 g/mol. The van der Waals surface area contributed by atoms with Crippen molar-refractivity contribution >= 4 is 32.7 Å². The largest absolute Gasteiger partial charge is 0.455 e. The summed E-state index contributed by atoms with van der Waals surface area (Å²) < 4.78 is 20.5. The molecule has 0 bridgehead atoms. The molecule has 2 aromatic heterocycles. The van der Waals surface area contributed by atoms with Crippen LogP contribution in [0.2, 0.25) is 0 Å². The number of nitrogens with zero attached hydrogens (tertiary/aromatic N) is 1. The fourth-order valence-electron chi connectivity index (χ4n) is 4.34. The molecular formula is C27H24FNO. The third-order valence-electron chi connectivity index (χ3n) is 5.53. The van der Waals surface area contributed by atoms with Gasteiger partial charge in [-0.1, -0.05) is 39.0 Å². The first-order valence-electron chi connectivity index (χ1n) is 10.3. The smallest absolute Gasteiger partial charge is 0.144 e. The Bertz CT molecular complexity index is 1420. The van der Waals surface area contributed by atoms with Gasteiger partial charge in [-0.15, -0.1) is 0 Å². The summed E-state index contributed by atoms with van der Waals surface area (Å²) in [5.74, 6) is -0.229. The zero-order chi connectivity index (χ0) is 21.0. The van der Waals surface area contributed by atoms with E-state index in [1.54, 1.807) is 6.07 Å². The quantitative estimate of drug-likeness (QED) is 0.303. The molecule has 0 aliphatic heterocycles. The Morgan fingerprint density at radius 2 is 1.70 bits per heavy atom. The summed E-state index contributed by atoms with van der Waals surface area (Å²) in [6, 6.07) is 17.3. The van der Waals surface area contributed by atoms with Crippen LogP contribution in [0.1, 0.15) is 31.9 Å². The SMILES string of the molecule is Cc1cc(-c2ncc(CC(C)(C)C)c3cc(F)ccc23)c2oc3ccccc3c2c1. The number of hydrogen-bond donors (Lipinski definition) is 0. The van der Waals surface area contributed by atoms with Crippen LogP contribution in [-0.2, 0) is 6.42 Å². The van der Waals surface area contributed by atoms with Crippen LogP contribution in [0.15, 0.2) is 65.2 Å². The fourth-order valence-corrected chi connectivity index (χ4v) is 4.34. The van der Waals surface area contributed by atoms with Crippen molar-refractivity contribution in [1.29, 1.82) is 0 Å². The van der Waals surface area contributed by atoms with Gasteiger partial charge in [0.25, 0.3) is 0 Å². The molecular weight excluding hydrogens is 373 g/mol. The zero-order valence-electron chi connectivity index (χ0n) is 17.7. The lowest BCUT2D eigenvalue weighted by Crippen LogP contribution is -2.10. The summed E-state index contributed by atoms with van der Waals surface area (Å²) >= 11 is 0. The average molecular weight is 397 g/mol. The van der Waals surface area contributed by atoms with Crippen molar-refractivity contribution in [2.24, 2.45) is 5.41 Å². The molecule has 0 saturated carbocycles. The summed E-state index contributed by atoms with van der Waals surface area (Å²) in [6.07, 6.45) is 2.73. The first-order valence-corrected chi connectivity index (χ1v) is 10.3. The molecule has 30 heavy (non-hydrogen) atoms. The molecule has 0 saturated heterocycles. The summed E-state index contributed by atoms with van der Waals surface area (Å²) in [6.45, 7) is 8.64. The van der Waals surface area contributed by atoms with Crippen molar-refractivity contribution in [1.82, 2.24) is 4.98 Å².